The maximum absolute atomic E-state index is 14.4. The van der Waals surface area contributed by atoms with Gasteiger partial charge in [0.25, 0.3) is 0 Å². The Kier molecular flexibility index (Phi) is 4.78. The summed E-state index contributed by atoms with van der Waals surface area (Å²) in [5.41, 5.74) is 1.57. The highest BCUT2D eigenvalue weighted by molar-refractivity contribution is 9.08. The van der Waals surface area contributed by atoms with Gasteiger partial charge in [0.1, 0.15) is 5.82 Å². The van der Waals surface area contributed by atoms with E-state index in [0.717, 1.165) is 21.0 Å². The molecule has 2 aromatic carbocycles. The molecule has 0 unspecified atom stereocenters. The van der Waals surface area contributed by atoms with Gasteiger partial charge in [0.2, 0.25) is 0 Å². The number of alkyl halides is 1. The van der Waals surface area contributed by atoms with Gasteiger partial charge in [-0.3, -0.25) is 0 Å². The van der Waals surface area contributed by atoms with E-state index in [1.807, 2.05) is 18.2 Å². The summed E-state index contributed by atoms with van der Waals surface area (Å²) in [6.45, 7) is 2.04. The molecule has 0 saturated heterocycles. The summed E-state index contributed by atoms with van der Waals surface area (Å²) < 4.78 is 20.4. The van der Waals surface area contributed by atoms with Crippen LogP contribution in [-0.2, 0) is 10.1 Å². The van der Waals surface area contributed by atoms with Gasteiger partial charge in [-0.2, -0.15) is 0 Å². The zero-order chi connectivity index (χ0) is 16.4. The van der Waals surface area contributed by atoms with Crippen molar-refractivity contribution < 1.29 is 13.9 Å². The molecule has 0 saturated carbocycles. The Morgan fingerprint density at radius 1 is 1.22 bits per heavy atom. The van der Waals surface area contributed by atoms with E-state index in [1.165, 1.54) is 17.0 Å². The highest BCUT2D eigenvalue weighted by atomic mass is 79.9. The van der Waals surface area contributed by atoms with Crippen molar-refractivity contribution in [1.29, 1.82) is 0 Å². The van der Waals surface area contributed by atoms with Gasteiger partial charge in [0, 0.05) is 26.0 Å². The molecule has 0 spiro atoms. The molecule has 1 heterocycles. The van der Waals surface area contributed by atoms with Crippen molar-refractivity contribution in [2.45, 2.75) is 12.3 Å². The second-order valence-corrected chi connectivity index (χ2v) is 6.68. The Morgan fingerprint density at radius 2 is 2.04 bits per heavy atom. The van der Waals surface area contributed by atoms with Crippen molar-refractivity contribution in [2.24, 2.45) is 0 Å². The third-order valence-electron chi connectivity index (χ3n) is 3.49. The quantitative estimate of drug-likeness (QED) is 0.415. The summed E-state index contributed by atoms with van der Waals surface area (Å²) >= 11 is 5.08. The fourth-order valence-corrected chi connectivity index (χ4v) is 4.01. The number of carbonyl (C=O) groups is 1. The smallest absolute Gasteiger partial charge is 0.338 e. The maximum atomic E-state index is 14.4. The SMILES string of the molecule is CCOC(=O)c1ccc(F)c(-c2cccc3cc(CBr)sc23)c1. The minimum Gasteiger partial charge on any atom is -0.462 e. The van der Waals surface area contributed by atoms with Crippen LogP contribution in [0.2, 0.25) is 0 Å². The molecule has 23 heavy (non-hydrogen) atoms. The van der Waals surface area contributed by atoms with E-state index in [9.17, 15) is 9.18 Å². The van der Waals surface area contributed by atoms with E-state index >= 15 is 0 Å². The topological polar surface area (TPSA) is 26.3 Å². The molecule has 0 aliphatic carbocycles. The summed E-state index contributed by atoms with van der Waals surface area (Å²) in [5.74, 6) is -0.785. The molecule has 0 bridgehead atoms. The number of carbonyl (C=O) groups excluding carboxylic acids is 1. The van der Waals surface area contributed by atoms with Crippen LogP contribution in [0.4, 0.5) is 4.39 Å². The highest BCUT2D eigenvalue weighted by Crippen LogP contribution is 2.37. The predicted molar refractivity (Wildman–Crippen MR) is 95.8 cm³/mol. The first kappa shape index (κ1) is 16.1. The van der Waals surface area contributed by atoms with Crippen LogP contribution >= 0.6 is 27.3 Å². The van der Waals surface area contributed by atoms with Gasteiger partial charge in [-0.1, -0.05) is 34.1 Å². The number of thiophene rings is 1. The van der Waals surface area contributed by atoms with Crippen LogP contribution in [0.15, 0.2) is 42.5 Å². The Hall–Kier alpha value is -1.72. The third-order valence-corrected chi connectivity index (χ3v) is 5.65. The molecule has 2 nitrogen and oxygen atoms in total. The van der Waals surface area contributed by atoms with E-state index in [2.05, 4.69) is 22.0 Å². The normalized spacial score (nSPS) is 10.9. The second-order valence-electron chi connectivity index (χ2n) is 4.99. The molecule has 0 radical (unpaired) electrons. The minimum atomic E-state index is -0.437. The van der Waals surface area contributed by atoms with Gasteiger partial charge >= 0.3 is 5.97 Å². The molecule has 0 atom stereocenters. The lowest BCUT2D eigenvalue weighted by atomic mass is 10.0. The Bertz CT molecular complexity index is 873. The number of hydrogen-bond donors (Lipinski definition) is 0. The number of esters is 1. The van der Waals surface area contributed by atoms with Gasteiger partial charge in [0.05, 0.1) is 12.2 Å². The molecule has 0 aliphatic rings. The molecule has 0 aliphatic heterocycles. The predicted octanol–water partition coefficient (Wildman–Crippen LogP) is 5.78. The first-order chi connectivity index (χ1) is 11.1. The zero-order valence-corrected chi connectivity index (χ0v) is 14.8. The fourth-order valence-electron chi connectivity index (χ4n) is 2.47. The number of hydrogen-bond acceptors (Lipinski definition) is 3. The monoisotopic (exact) mass is 392 g/mol. The van der Waals surface area contributed by atoms with Gasteiger partial charge in [-0.15, -0.1) is 11.3 Å². The molecule has 3 aromatic rings. The highest BCUT2D eigenvalue weighted by Gasteiger charge is 2.15. The lowest BCUT2D eigenvalue weighted by Gasteiger charge is -2.08. The molecule has 5 heteroatoms. The molecule has 3 rings (SSSR count). The number of ether oxygens (including phenoxy) is 1. The minimum absolute atomic E-state index is 0.292. The van der Waals surface area contributed by atoms with Crippen LogP contribution in [0.25, 0.3) is 21.2 Å². The molecular weight excluding hydrogens is 379 g/mol. The number of halogens is 2. The van der Waals surface area contributed by atoms with Crippen molar-refractivity contribution in [3.8, 4) is 11.1 Å². The third kappa shape index (κ3) is 3.16. The van der Waals surface area contributed by atoms with Gasteiger partial charge in [-0.25, -0.2) is 9.18 Å². The molecule has 0 amide bonds. The van der Waals surface area contributed by atoms with Crippen molar-refractivity contribution in [1.82, 2.24) is 0 Å². The summed E-state index contributed by atoms with van der Waals surface area (Å²) in [6.07, 6.45) is 0. The molecule has 1 aromatic heterocycles. The zero-order valence-electron chi connectivity index (χ0n) is 12.4. The fraction of sp³-hybridized carbons (Fsp3) is 0.167. The van der Waals surface area contributed by atoms with E-state index < -0.39 is 5.97 Å². The number of benzene rings is 2. The van der Waals surface area contributed by atoms with Gasteiger partial charge in [0.15, 0.2) is 0 Å². The maximum Gasteiger partial charge on any atom is 0.338 e. The summed E-state index contributed by atoms with van der Waals surface area (Å²) in [4.78, 5) is 13.1. The van der Waals surface area contributed by atoms with E-state index in [-0.39, 0.29) is 5.82 Å². The van der Waals surface area contributed by atoms with Crippen molar-refractivity contribution in [3.63, 3.8) is 0 Å². The first-order valence-corrected chi connectivity index (χ1v) is 9.12. The molecular formula is C18H14BrFO2S. The number of rotatable bonds is 4. The van der Waals surface area contributed by atoms with Crippen LogP contribution in [0.3, 0.4) is 0 Å². The summed E-state index contributed by atoms with van der Waals surface area (Å²) in [5, 5.41) is 1.83. The van der Waals surface area contributed by atoms with Gasteiger partial charge in [-0.05, 0) is 36.6 Å². The van der Waals surface area contributed by atoms with Gasteiger partial charge < -0.3 is 4.74 Å². The number of fused-ring (bicyclic) bond motifs is 1. The van der Waals surface area contributed by atoms with E-state index in [1.54, 1.807) is 24.3 Å². The Morgan fingerprint density at radius 3 is 2.78 bits per heavy atom. The Balaban J connectivity index is 2.16. The van der Waals surface area contributed by atoms with Crippen LogP contribution < -0.4 is 0 Å². The van der Waals surface area contributed by atoms with Crippen LogP contribution in [0.1, 0.15) is 22.2 Å². The molecule has 118 valence electrons. The standard InChI is InChI=1S/C18H14BrFO2S/c1-2-22-18(21)12-6-7-16(20)15(9-12)14-5-3-4-11-8-13(10-19)23-17(11)14/h3-9H,2,10H2,1H3. The summed E-state index contributed by atoms with van der Waals surface area (Å²) in [7, 11) is 0. The first-order valence-electron chi connectivity index (χ1n) is 7.18. The van der Waals surface area contributed by atoms with E-state index in [4.69, 9.17) is 4.74 Å². The lowest BCUT2D eigenvalue weighted by Crippen LogP contribution is -2.05. The van der Waals surface area contributed by atoms with Crippen LogP contribution in [0.5, 0.6) is 0 Å². The average Bonchev–Trinajstić information content (AvgIpc) is 2.99. The second kappa shape index (κ2) is 6.81. The summed E-state index contributed by atoms with van der Waals surface area (Å²) in [6, 6.07) is 12.2. The average molecular weight is 393 g/mol. The molecule has 0 fully saturated rings. The van der Waals surface area contributed by atoms with Crippen molar-refractivity contribution >= 4 is 43.3 Å². The van der Waals surface area contributed by atoms with Crippen molar-refractivity contribution in [2.75, 3.05) is 6.61 Å². The largest absolute Gasteiger partial charge is 0.462 e. The van der Waals surface area contributed by atoms with Crippen LogP contribution in [0, 0.1) is 5.82 Å². The Labute approximate surface area is 146 Å². The van der Waals surface area contributed by atoms with E-state index in [0.29, 0.717) is 17.7 Å². The van der Waals surface area contributed by atoms with Crippen molar-refractivity contribution in [3.05, 3.63) is 58.7 Å². The lowest BCUT2D eigenvalue weighted by molar-refractivity contribution is 0.0526. The van der Waals surface area contributed by atoms with Crippen LogP contribution in [-0.4, -0.2) is 12.6 Å². The molecule has 0 N–H and O–H groups in total.